The number of amides is 1. The van der Waals surface area contributed by atoms with Crippen LogP contribution in [0.15, 0.2) is 75.7 Å². The predicted molar refractivity (Wildman–Crippen MR) is 110 cm³/mol. The zero-order chi connectivity index (χ0) is 18.6. The van der Waals surface area contributed by atoms with Gasteiger partial charge in [-0.15, -0.1) is 11.3 Å². The summed E-state index contributed by atoms with van der Waals surface area (Å²) in [6.07, 6.45) is 0. The second-order valence-electron chi connectivity index (χ2n) is 6.13. The van der Waals surface area contributed by atoms with Crippen LogP contribution in [-0.4, -0.2) is 22.8 Å². The summed E-state index contributed by atoms with van der Waals surface area (Å²) < 4.78 is 5.77. The highest BCUT2D eigenvalue weighted by Crippen LogP contribution is 2.27. The number of rotatable bonds is 6. The maximum Gasteiger partial charge on any atom is 0.257 e. The molecule has 4 rings (SSSR count). The van der Waals surface area contributed by atoms with E-state index in [1.54, 1.807) is 16.2 Å². The van der Waals surface area contributed by atoms with Gasteiger partial charge in [0.25, 0.3) is 11.1 Å². The average molecular weight is 395 g/mol. The Morgan fingerprint density at radius 2 is 1.93 bits per heavy atom. The Hall–Kier alpha value is -2.57. The molecule has 2 aromatic carbocycles. The molecule has 0 aliphatic rings. The lowest BCUT2D eigenvalue weighted by Crippen LogP contribution is -2.26. The number of aromatic nitrogens is 1. The van der Waals surface area contributed by atoms with Gasteiger partial charge in [0, 0.05) is 23.2 Å². The fourth-order valence-electron chi connectivity index (χ4n) is 2.82. The minimum absolute atomic E-state index is 0.0252. The summed E-state index contributed by atoms with van der Waals surface area (Å²) in [6, 6.07) is 19.5. The Labute approximate surface area is 165 Å². The topological polar surface area (TPSA) is 46.3 Å². The summed E-state index contributed by atoms with van der Waals surface area (Å²) in [4.78, 5) is 20.3. The monoisotopic (exact) mass is 394 g/mol. The second kappa shape index (κ2) is 7.98. The van der Waals surface area contributed by atoms with E-state index in [1.807, 2.05) is 73.1 Å². The van der Waals surface area contributed by atoms with Crippen LogP contribution < -0.4 is 0 Å². The van der Waals surface area contributed by atoms with Crippen molar-refractivity contribution < 1.29 is 9.21 Å². The highest BCUT2D eigenvalue weighted by Gasteiger charge is 2.17. The highest BCUT2D eigenvalue weighted by atomic mass is 32.2. The van der Waals surface area contributed by atoms with Crippen molar-refractivity contribution in [2.75, 3.05) is 7.05 Å². The lowest BCUT2D eigenvalue weighted by atomic mass is 10.1. The molecule has 0 bridgehead atoms. The predicted octanol–water partition coefficient (Wildman–Crippen LogP) is 5.45. The van der Waals surface area contributed by atoms with Gasteiger partial charge in [-0.05, 0) is 35.2 Å². The molecule has 0 aliphatic heterocycles. The number of hydrogen-bond donors (Lipinski definition) is 0. The Morgan fingerprint density at radius 3 is 2.74 bits per heavy atom. The summed E-state index contributed by atoms with van der Waals surface area (Å²) in [7, 11) is 1.84. The first-order chi connectivity index (χ1) is 13.2. The van der Waals surface area contributed by atoms with Crippen LogP contribution in [0, 0.1) is 0 Å². The number of benzene rings is 2. The zero-order valence-corrected chi connectivity index (χ0v) is 16.4. The first-order valence-electron chi connectivity index (χ1n) is 8.55. The zero-order valence-electron chi connectivity index (χ0n) is 14.8. The first-order valence-corrected chi connectivity index (χ1v) is 10.4. The van der Waals surface area contributed by atoms with Gasteiger partial charge < -0.3 is 9.32 Å². The van der Waals surface area contributed by atoms with Crippen molar-refractivity contribution in [1.82, 2.24) is 9.88 Å². The van der Waals surface area contributed by atoms with Crippen LogP contribution in [0.25, 0.3) is 11.1 Å². The molecule has 0 fully saturated rings. The largest absolute Gasteiger partial charge is 0.431 e. The smallest absolute Gasteiger partial charge is 0.257 e. The average Bonchev–Trinajstić information content (AvgIpc) is 3.35. The molecular formula is C21H18N2O2S2. The third-order valence-corrected chi connectivity index (χ3v) is 5.93. The Bertz CT molecular complexity index is 1020. The maximum absolute atomic E-state index is 12.9. The Balaban J connectivity index is 1.49. The Kier molecular flexibility index (Phi) is 5.27. The number of fused-ring (bicyclic) bond motifs is 1. The van der Waals surface area contributed by atoms with Gasteiger partial charge in [-0.2, -0.15) is 0 Å². The van der Waals surface area contributed by atoms with Crippen molar-refractivity contribution >= 4 is 40.1 Å². The summed E-state index contributed by atoms with van der Waals surface area (Å²) in [5.41, 5.74) is 3.33. The molecule has 0 aliphatic carbocycles. The number of thiophene rings is 1. The third-order valence-electron chi connectivity index (χ3n) is 4.19. The molecule has 2 heterocycles. The van der Waals surface area contributed by atoms with Crippen molar-refractivity contribution in [2.45, 2.75) is 17.5 Å². The van der Waals surface area contributed by atoms with Gasteiger partial charge in [0.15, 0.2) is 5.58 Å². The molecule has 136 valence electrons. The maximum atomic E-state index is 12.9. The molecule has 1 amide bonds. The quantitative estimate of drug-likeness (QED) is 0.408. The van der Waals surface area contributed by atoms with Crippen LogP contribution in [0.1, 0.15) is 20.8 Å². The number of carbonyl (C=O) groups excluding carboxylic acids is 1. The van der Waals surface area contributed by atoms with Crippen molar-refractivity contribution in [2.24, 2.45) is 0 Å². The molecule has 0 unspecified atom stereocenters. The van der Waals surface area contributed by atoms with E-state index in [4.69, 9.17) is 4.42 Å². The fourth-order valence-corrected chi connectivity index (χ4v) is 4.42. The molecule has 0 atom stereocenters. The van der Waals surface area contributed by atoms with Gasteiger partial charge in [-0.25, -0.2) is 4.98 Å². The number of carbonyl (C=O) groups is 1. The molecule has 0 N–H and O–H groups in total. The summed E-state index contributed by atoms with van der Waals surface area (Å²) >= 11 is 3.16. The van der Waals surface area contributed by atoms with Crippen molar-refractivity contribution in [1.29, 1.82) is 0 Å². The number of nitrogens with zero attached hydrogens (tertiary/aromatic N) is 2. The van der Waals surface area contributed by atoms with Gasteiger partial charge in [0.2, 0.25) is 0 Å². The lowest BCUT2D eigenvalue weighted by Gasteiger charge is -2.18. The third kappa shape index (κ3) is 4.07. The number of hydrogen-bond acceptors (Lipinski definition) is 5. The van der Waals surface area contributed by atoms with Gasteiger partial charge in [-0.3, -0.25) is 4.79 Å². The summed E-state index contributed by atoms with van der Waals surface area (Å²) in [6.45, 7) is 0.614. The van der Waals surface area contributed by atoms with Crippen LogP contribution in [0.3, 0.4) is 0 Å². The first kappa shape index (κ1) is 17.8. The van der Waals surface area contributed by atoms with Gasteiger partial charge in [0.05, 0.1) is 6.54 Å². The van der Waals surface area contributed by atoms with E-state index in [-0.39, 0.29) is 5.91 Å². The molecule has 0 spiro atoms. The SMILES string of the molecule is CN(Cc1cccs1)C(=O)c1ccccc1CSc1nc2ccccc2o1. The number of para-hydroxylation sites is 2. The Morgan fingerprint density at radius 1 is 1.11 bits per heavy atom. The number of thioether (sulfide) groups is 1. The number of oxazole rings is 1. The van der Waals surface area contributed by atoms with Crippen LogP contribution >= 0.6 is 23.1 Å². The second-order valence-corrected chi connectivity index (χ2v) is 8.09. The van der Waals surface area contributed by atoms with E-state index in [0.717, 1.165) is 22.2 Å². The van der Waals surface area contributed by atoms with E-state index in [9.17, 15) is 4.79 Å². The highest BCUT2D eigenvalue weighted by molar-refractivity contribution is 7.98. The normalized spacial score (nSPS) is 11.0. The van der Waals surface area contributed by atoms with Gasteiger partial charge in [0.1, 0.15) is 5.52 Å². The molecule has 0 radical (unpaired) electrons. The standard InChI is InChI=1S/C21H18N2O2S2/c1-23(13-16-8-6-12-26-16)20(24)17-9-3-2-7-15(17)14-27-21-22-18-10-4-5-11-19(18)25-21/h2-12H,13-14H2,1H3. The molecular weight excluding hydrogens is 376 g/mol. The molecule has 0 saturated heterocycles. The summed E-state index contributed by atoms with van der Waals surface area (Å²) in [5.74, 6) is 0.652. The van der Waals surface area contributed by atoms with E-state index in [0.29, 0.717) is 17.5 Å². The fraction of sp³-hybridized carbons (Fsp3) is 0.143. The van der Waals surface area contributed by atoms with Crippen LogP contribution in [-0.2, 0) is 12.3 Å². The van der Waals surface area contributed by atoms with Gasteiger partial charge in [-0.1, -0.05) is 48.2 Å². The lowest BCUT2D eigenvalue weighted by molar-refractivity contribution is 0.0785. The van der Waals surface area contributed by atoms with E-state index in [1.165, 1.54) is 16.6 Å². The van der Waals surface area contributed by atoms with Crippen molar-refractivity contribution in [3.8, 4) is 0 Å². The minimum atomic E-state index is 0.0252. The van der Waals surface area contributed by atoms with E-state index in [2.05, 4.69) is 4.98 Å². The molecule has 0 saturated carbocycles. The van der Waals surface area contributed by atoms with Crippen molar-refractivity contribution in [3.63, 3.8) is 0 Å². The summed E-state index contributed by atoms with van der Waals surface area (Å²) in [5, 5.41) is 2.64. The molecule has 2 aromatic heterocycles. The molecule has 27 heavy (non-hydrogen) atoms. The van der Waals surface area contributed by atoms with E-state index < -0.39 is 0 Å². The minimum Gasteiger partial charge on any atom is -0.431 e. The van der Waals surface area contributed by atoms with E-state index >= 15 is 0 Å². The van der Waals surface area contributed by atoms with Crippen molar-refractivity contribution in [3.05, 3.63) is 82.0 Å². The van der Waals surface area contributed by atoms with Gasteiger partial charge >= 0.3 is 0 Å². The molecule has 4 nitrogen and oxygen atoms in total. The molecule has 4 aromatic rings. The van der Waals surface area contributed by atoms with Crippen LogP contribution in [0.5, 0.6) is 0 Å². The van der Waals surface area contributed by atoms with Crippen LogP contribution in [0.4, 0.5) is 0 Å². The van der Waals surface area contributed by atoms with Crippen LogP contribution in [0.2, 0.25) is 0 Å². The molecule has 6 heteroatoms.